The van der Waals surface area contributed by atoms with E-state index in [9.17, 15) is 14.7 Å². The number of aryl methyl sites for hydroxylation is 1. The van der Waals surface area contributed by atoms with E-state index in [-0.39, 0.29) is 34.4 Å². The molecule has 0 fully saturated rings. The van der Waals surface area contributed by atoms with Gasteiger partial charge in [0, 0.05) is 12.7 Å². The molecule has 0 bridgehead atoms. The predicted octanol–water partition coefficient (Wildman–Crippen LogP) is 2.51. The van der Waals surface area contributed by atoms with Crippen LogP contribution in [0.15, 0.2) is 18.2 Å². The number of rotatable bonds is 6. The van der Waals surface area contributed by atoms with Gasteiger partial charge in [0.2, 0.25) is 0 Å². The molecule has 0 atom stereocenters. The Morgan fingerprint density at radius 1 is 1.20 bits per heavy atom. The standard InChI is InChI=1S/C17H21N3O5/c1-9(2)13-8-12(19-20(13)3)16(21)18-11-6-10(17(22)23)7-14(24-4)15(11)25-5/h6-9H,1-5H3,(H,18,21)(H,22,23). The Labute approximate surface area is 145 Å². The summed E-state index contributed by atoms with van der Waals surface area (Å²) in [6.07, 6.45) is 0. The van der Waals surface area contributed by atoms with Gasteiger partial charge in [-0.05, 0) is 24.1 Å². The molecule has 25 heavy (non-hydrogen) atoms. The second kappa shape index (κ2) is 7.25. The molecular formula is C17H21N3O5. The Balaban J connectivity index is 2.41. The van der Waals surface area contributed by atoms with E-state index < -0.39 is 11.9 Å². The fourth-order valence-corrected chi connectivity index (χ4v) is 2.50. The van der Waals surface area contributed by atoms with Crippen LogP contribution < -0.4 is 14.8 Å². The summed E-state index contributed by atoms with van der Waals surface area (Å²) in [4.78, 5) is 23.8. The van der Waals surface area contributed by atoms with Gasteiger partial charge in [-0.25, -0.2) is 4.79 Å². The fourth-order valence-electron chi connectivity index (χ4n) is 2.50. The van der Waals surface area contributed by atoms with E-state index in [4.69, 9.17) is 9.47 Å². The molecule has 1 heterocycles. The number of nitrogens with zero attached hydrogens (tertiary/aromatic N) is 2. The van der Waals surface area contributed by atoms with E-state index in [1.54, 1.807) is 17.8 Å². The van der Waals surface area contributed by atoms with Gasteiger partial charge >= 0.3 is 5.97 Å². The summed E-state index contributed by atoms with van der Waals surface area (Å²) in [6, 6.07) is 4.34. The lowest BCUT2D eigenvalue weighted by atomic mass is 10.1. The smallest absolute Gasteiger partial charge is 0.335 e. The molecule has 1 aromatic heterocycles. The SMILES string of the molecule is COc1cc(C(=O)O)cc(NC(=O)c2cc(C(C)C)n(C)n2)c1OC. The van der Waals surface area contributed by atoms with Crippen LogP contribution in [0.25, 0.3) is 0 Å². The molecule has 1 aromatic carbocycles. The van der Waals surface area contributed by atoms with E-state index in [2.05, 4.69) is 10.4 Å². The van der Waals surface area contributed by atoms with E-state index in [0.29, 0.717) is 0 Å². The summed E-state index contributed by atoms with van der Waals surface area (Å²) in [7, 11) is 4.56. The highest BCUT2D eigenvalue weighted by atomic mass is 16.5. The molecule has 2 aromatic rings. The molecule has 134 valence electrons. The number of aromatic nitrogens is 2. The van der Waals surface area contributed by atoms with Crippen LogP contribution in [0.5, 0.6) is 11.5 Å². The zero-order valence-electron chi connectivity index (χ0n) is 14.8. The van der Waals surface area contributed by atoms with Gasteiger partial charge in [-0.3, -0.25) is 9.48 Å². The molecule has 8 nitrogen and oxygen atoms in total. The first-order valence-electron chi connectivity index (χ1n) is 7.63. The van der Waals surface area contributed by atoms with Crippen molar-refractivity contribution in [1.29, 1.82) is 0 Å². The number of nitrogens with one attached hydrogen (secondary N) is 1. The number of ether oxygens (including phenoxy) is 2. The number of hydrogen-bond donors (Lipinski definition) is 2. The molecule has 0 saturated carbocycles. The number of carboxylic acid groups (broad SMARTS) is 1. The van der Waals surface area contributed by atoms with Crippen LogP contribution in [0.4, 0.5) is 5.69 Å². The first kappa shape index (κ1) is 18.3. The molecule has 8 heteroatoms. The largest absolute Gasteiger partial charge is 0.493 e. The van der Waals surface area contributed by atoms with Crippen molar-refractivity contribution in [1.82, 2.24) is 9.78 Å². The van der Waals surface area contributed by atoms with Crippen molar-refractivity contribution in [3.05, 3.63) is 35.2 Å². The number of aromatic carboxylic acids is 1. The third-order valence-corrected chi connectivity index (χ3v) is 3.71. The number of carboxylic acids is 1. The Bertz CT molecular complexity index is 811. The maximum atomic E-state index is 12.5. The minimum Gasteiger partial charge on any atom is -0.493 e. The molecule has 2 N–H and O–H groups in total. The van der Waals surface area contributed by atoms with E-state index >= 15 is 0 Å². The average Bonchev–Trinajstić information content (AvgIpc) is 2.96. The third-order valence-electron chi connectivity index (χ3n) is 3.71. The molecule has 0 aliphatic heterocycles. The van der Waals surface area contributed by atoms with Gasteiger partial charge in [-0.2, -0.15) is 5.10 Å². The third kappa shape index (κ3) is 3.73. The molecular weight excluding hydrogens is 326 g/mol. The van der Waals surface area contributed by atoms with Gasteiger partial charge in [-0.15, -0.1) is 0 Å². The molecule has 2 rings (SSSR count). The lowest BCUT2D eigenvalue weighted by Crippen LogP contribution is -2.15. The van der Waals surface area contributed by atoms with E-state index in [0.717, 1.165) is 5.69 Å². The highest BCUT2D eigenvalue weighted by Crippen LogP contribution is 2.37. The van der Waals surface area contributed by atoms with Gasteiger partial charge < -0.3 is 19.9 Å². The number of methoxy groups -OCH3 is 2. The van der Waals surface area contributed by atoms with Crippen LogP contribution in [0, 0.1) is 0 Å². The minimum absolute atomic E-state index is 0.0307. The predicted molar refractivity (Wildman–Crippen MR) is 91.8 cm³/mol. The van der Waals surface area contributed by atoms with Crippen LogP contribution in [0.1, 0.15) is 46.3 Å². The van der Waals surface area contributed by atoms with E-state index in [1.807, 2.05) is 13.8 Å². The van der Waals surface area contributed by atoms with Crippen molar-refractivity contribution in [3.63, 3.8) is 0 Å². The number of anilines is 1. The van der Waals surface area contributed by atoms with Crippen molar-refractivity contribution in [2.75, 3.05) is 19.5 Å². The van der Waals surface area contributed by atoms with Crippen molar-refractivity contribution in [2.45, 2.75) is 19.8 Å². The summed E-state index contributed by atoms with van der Waals surface area (Å²) in [5.74, 6) is -0.951. The van der Waals surface area contributed by atoms with Crippen LogP contribution in [0.3, 0.4) is 0 Å². The van der Waals surface area contributed by atoms with Gasteiger partial charge in [0.1, 0.15) is 0 Å². The van der Waals surface area contributed by atoms with Crippen molar-refractivity contribution in [3.8, 4) is 11.5 Å². The summed E-state index contributed by atoms with van der Waals surface area (Å²) in [5, 5.41) is 16.1. The second-order valence-electron chi connectivity index (χ2n) is 5.75. The number of amides is 1. The van der Waals surface area contributed by atoms with Crippen LogP contribution in [0.2, 0.25) is 0 Å². The lowest BCUT2D eigenvalue weighted by molar-refractivity contribution is 0.0696. The Hall–Kier alpha value is -3.03. The fraction of sp³-hybridized carbons (Fsp3) is 0.353. The lowest BCUT2D eigenvalue weighted by Gasteiger charge is -2.14. The molecule has 0 radical (unpaired) electrons. The molecule has 0 saturated heterocycles. The van der Waals surface area contributed by atoms with Gasteiger partial charge in [-0.1, -0.05) is 13.8 Å². The number of benzene rings is 1. The van der Waals surface area contributed by atoms with Crippen molar-refractivity contribution in [2.24, 2.45) is 7.05 Å². The van der Waals surface area contributed by atoms with Gasteiger partial charge in [0.25, 0.3) is 5.91 Å². The number of hydrogen-bond acceptors (Lipinski definition) is 5. The molecule has 0 aliphatic carbocycles. The van der Waals surface area contributed by atoms with Crippen LogP contribution >= 0.6 is 0 Å². The normalized spacial score (nSPS) is 10.6. The van der Waals surface area contributed by atoms with Crippen molar-refractivity contribution >= 4 is 17.6 Å². The maximum Gasteiger partial charge on any atom is 0.335 e. The first-order valence-corrected chi connectivity index (χ1v) is 7.63. The Morgan fingerprint density at radius 2 is 1.88 bits per heavy atom. The van der Waals surface area contributed by atoms with Crippen LogP contribution in [-0.4, -0.2) is 41.0 Å². The van der Waals surface area contributed by atoms with Gasteiger partial charge in [0.05, 0.1) is 25.5 Å². The summed E-state index contributed by atoms with van der Waals surface area (Å²) >= 11 is 0. The summed E-state index contributed by atoms with van der Waals surface area (Å²) in [6.45, 7) is 4.01. The summed E-state index contributed by atoms with van der Waals surface area (Å²) in [5.41, 5.74) is 1.31. The molecule has 0 spiro atoms. The summed E-state index contributed by atoms with van der Waals surface area (Å²) < 4.78 is 12.0. The Morgan fingerprint density at radius 3 is 2.36 bits per heavy atom. The average molecular weight is 347 g/mol. The zero-order chi connectivity index (χ0) is 18.7. The molecule has 0 unspecified atom stereocenters. The van der Waals surface area contributed by atoms with Gasteiger partial charge in [0.15, 0.2) is 17.2 Å². The quantitative estimate of drug-likeness (QED) is 0.832. The van der Waals surface area contributed by atoms with Crippen LogP contribution in [-0.2, 0) is 7.05 Å². The first-order chi connectivity index (χ1) is 11.8. The topological polar surface area (TPSA) is 103 Å². The monoisotopic (exact) mass is 347 g/mol. The highest BCUT2D eigenvalue weighted by molar-refractivity contribution is 6.05. The molecule has 1 amide bonds. The van der Waals surface area contributed by atoms with Crippen molar-refractivity contribution < 1.29 is 24.2 Å². The second-order valence-corrected chi connectivity index (χ2v) is 5.75. The maximum absolute atomic E-state index is 12.5. The molecule has 0 aliphatic rings. The number of carbonyl (C=O) groups excluding carboxylic acids is 1. The van der Waals surface area contributed by atoms with E-state index in [1.165, 1.54) is 26.4 Å². The highest BCUT2D eigenvalue weighted by Gasteiger charge is 2.20. The number of carbonyl (C=O) groups is 2. The minimum atomic E-state index is -1.14. The zero-order valence-corrected chi connectivity index (χ0v) is 14.8. The Kier molecular flexibility index (Phi) is 5.31.